The highest BCUT2D eigenvalue weighted by molar-refractivity contribution is 6.32. The zero-order valence-corrected chi connectivity index (χ0v) is 11.0. The van der Waals surface area contributed by atoms with Crippen molar-refractivity contribution in [3.63, 3.8) is 0 Å². The lowest BCUT2D eigenvalue weighted by Gasteiger charge is -2.10. The van der Waals surface area contributed by atoms with E-state index in [-0.39, 0.29) is 6.10 Å². The molecule has 0 saturated heterocycles. The minimum Gasteiger partial charge on any atom is -0.392 e. The molecule has 1 aliphatic rings. The number of aliphatic hydroxyl groups excluding tert-OH is 1. The van der Waals surface area contributed by atoms with Crippen molar-refractivity contribution in [1.29, 1.82) is 0 Å². The summed E-state index contributed by atoms with van der Waals surface area (Å²) in [5.74, 6) is 0.517. The van der Waals surface area contributed by atoms with E-state index in [4.69, 9.17) is 23.2 Å². The highest BCUT2D eigenvalue weighted by Gasteiger charge is 2.28. The second-order valence-corrected chi connectivity index (χ2v) is 5.19. The maximum atomic E-state index is 9.66. The molecule has 2 N–H and O–H groups in total. The largest absolute Gasteiger partial charge is 0.392 e. The van der Waals surface area contributed by atoms with E-state index >= 15 is 0 Å². The molecule has 1 fully saturated rings. The number of aromatic nitrogens is 1. The molecule has 1 heterocycles. The van der Waals surface area contributed by atoms with Crippen molar-refractivity contribution in [2.24, 2.45) is 5.92 Å². The van der Waals surface area contributed by atoms with Gasteiger partial charge >= 0.3 is 0 Å². The van der Waals surface area contributed by atoms with Crippen LogP contribution in [0.1, 0.15) is 18.4 Å². The number of hydrogen-bond donors (Lipinski definition) is 2. The van der Waals surface area contributed by atoms with Gasteiger partial charge in [0, 0.05) is 6.54 Å². The van der Waals surface area contributed by atoms with Gasteiger partial charge < -0.3 is 10.4 Å². The topological polar surface area (TPSA) is 45.1 Å². The van der Waals surface area contributed by atoms with Gasteiger partial charge in [-0.3, -0.25) is 0 Å². The van der Waals surface area contributed by atoms with Crippen LogP contribution in [0.15, 0.2) is 12.1 Å². The molecular weight excluding hydrogens is 259 g/mol. The third-order valence-corrected chi connectivity index (χ3v) is 3.52. The summed E-state index contributed by atoms with van der Waals surface area (Å²) in [5, 5.41) is 13.8. The van der Waals surface area contributed by atoms with Crippen molar-refractivity contribution in [1.82, 2.24) is 10.3 Å². The first-order chi connectivity index (χ1) is 8.16. The summed E-state index contributed by atoms with van der Waals surface area (Å²) in [6.45, 7) is 1.44. The molecule has 0 amide bonds. The van der Waals surface area contributed by atoms with Crippen LogP contribution in [-0.2, 0) is 6.42 Å². The molecular formula is C12H16Cl2N2O. The summed E-state index contributed by atoms with van der Waals surface area (Å²) in [6.07, 6.45) is 2.92. The first kappa shape index (κ1) is 13.1. The predicted molar refractivity (Wildman–Crippen MR) is 69.6 cm³/mol. The van der Waals surface area contributed by atoms with Gasteiger partial charge in [0.15, 0.2) is 0 Å². The number of hydrogen-bond acceptors (Lipinski definition) is 3. The lowest BCUT2D eigenvalue weighted by Crippen LogP contribution is -2.29. The van der Waals surface area contributed by atoms with E-state index in [0.29, 0.717) is 22.8 Å². The fourth-order valence-electron chi connectivity index (χ4n) is 1.75. The third kappa shape index (κ3) is 4.11. The van der Waals surface area contributed by atoms with Crippen molar-refractivity contribution < 1.29 is 5.11 Å². The molecule has 1 atom stereocenters. The van der Waals surface area contributed by atoms with Gasteiger partial charge in [0.05, 0.1) is 6.10 Å². The number of nitrogens with zero attached hydrogens (tertiary/aromatic N) is 1. The number of aliphatic hydroxyl groups is 1. The summed E-state index contributed by atoms with van der Waals surface area (Å²) in [5.41, 5.74) is 0.976. The van der Waals surface area contributed by atoms with Crippen molar-refractivity contribution >= 4 is 23.2 Å². The highest BCUT2D eigenvalue weighted by Crippen LogP contribution is 2.32. The lowest BCUT2D eigenvalue weighted by molar-refractivity contribution is 0.149. The second kappa shape index (κ2) is 6.01. The molecule has 0 spiro atoms. The van der Waals surface area contributed by atoms with E-state index in [9.17, 15) is 5.11 Å². The van der Waals surface area contributed by atoms with Crippen LogP contribution in [0.4, 0.5) is 0 Å². The van der Waals surface area contributed by atoms with Gasteiger partial charge in [-0.2, -0.15) is 0 Å². The van der Waals surface area contributed by atoms with Gasteiger partial charge in [-0.1, -0.05) is 29.3 Å². The van der Waals surface area contributed by atoms with Crippen molar-refractivity contribution in [2.45, 2.75) is 25.4 Å². The minimum atomic E-state index is -0.200. The Morgan fingerprint density at radius 3 is 2.82 bits per heavy atom. The number of rotatable bonds is 6. The van der Waals surface area contributed by atoms with Crippen LogP contribution in [0.25, 0.3) is 0 Å². The molecule has 0 bridgehead atoms. The molecule has 2 rings (SSSR count). The van der Waals surface area contributed by atoms with Crippen LogP contribution in [0.2, 0.25) is 10.3 Å². The molecule has 1 aromatic heterocycles. The molecule has 94 valence electrons. The maximum Gasteiger partial charge on any atom is 0.134 e. The molecule has 1 saturated carbocycles. The number of nitrogens with one attached hydrogen (secondary N) is 1. The summed E-state index contributed by atoms with van der Waals surface area (Å²) in [4.78, 5) is 3.98. The smallest absolute Gasteiger partial charge is 0.134 e. The van der Waals surface area contributed by atoms with Crippen molar-refractivity contribution in [2.75, 3.05) is 13.1 Å². The normalized spacial score (nSPS) is 17.1. The third-order valence-electron chi connectivity index (χ3n) is 2.98. The van der Waals surface area contributed by atoms with Gasteiger partial charge in [-0.05, 0) is 43.4 Å². The Morgan fingerprint density at radius 2 is 2.18 bits per heavy atom. The highest BCUT2D eigenvalue weighted by atomic mass is 35.5. The monoisotopic (exact) mass is 274 g/mol. The van der Waals surface area contributed by atoms with E-state index in [0.717, 1.165) is 31.4 Å². The number of halogens is 2. The second-order valence-electron chi connectivity index (χ2n) is 4.44. The quantitative estimate of drug-likeness (QED) is 0.618. The van der Waals surface area contributed by atoms with Gasteiger partial charge in [0.25, 0.3) is 0 Å². The van der Waals surface area contributed by atoms with Gasteiger partial charge in [-0.15, -0.1) is 0 Å². The van der Waals surface area contributed by atoms with E-state index in [1.165, 1.54) is 0 Å². The summed E-state index contributed by atoms with van der Waals surface area (Å²) in [6, 6.07) is 3.62. The Labute approximate surface area is 111 Å². The molecule has 17 heavy (non-hydrogen) atoms. The minimum absolute atomic E-state index is 0.200. The van der Waals surface area contributed by atoms with Crippen LogP contribution in [-0.4, -0.2) is 29.3 Å². The molecule has 0 radical (unpaired) electrons. The maximum absolute atomic E-state index is 9.66. The van der Waals surface area contributed by atoms with Crippen LogP contribution in [0.5, 0.6) is 0 Å². The SMILES string of the molecule is OC(CNCCc1ccc(Cl)nc1Cl)C1CC1. The summed E-state index contributed by atoms with van der Waals surface area (Å²) < 4.78 is 0. The Kier molecular flexibility index (Phi) is 4.62. The summed E-state index contributed by atoms with van der Waals surface area (Å²) in [7, 11) is 0. The van der Waals surface area contributed by atoms with Crippen LogP contribution < -0.4 is 5.32 Å². The average molecular weight is 275 g/mol. The van der Waals surface area contributed by atoms with Crippen LogP contribution in [0.3, 0.4) is 0 Å². The van der Waals surface area contributed by atoms with Crippen molar-refractivity contribution in [3.8, 4) is 0 Å². The molecule has 3 nitrogen and oxygen atoms in total. The molecule has 1 aliphatic carbocycles. The first-order valence-electron chi connectivity index (χ1n) is 5.86. The first-order valence-corrected chi connectivity index (χ1v) is 6.62. The van der Waals surface area contributed by atoms with E-state index < -0.39 is 0 Å². The molecule has 1 unspecified atom stereocenters. The van der Waals surface area contributed by atoms with Gasteiger partial charge in [0.1, 0.15) is 10.3 Å². The fraction of sp³-hybridized carbons (Fsp3) is 0.583. The van der Waals surface area contributed by atoms with E-state index in [1.807, 2.05) is 6.07 Å². The van der Waals surface area contributed by atoms with Gasteiger partial charge in [-0.25, -0.2) is 4.98 Å². The number of pyridine rings is 1. The molecule has 5 heteroatoms. The molecule has 0 aromatic carbocycles. The Morgan fingerprint density at radius 1 is 1.41 bits per heavy atom. The Bertz CT molecular complexity index is 383. The van der Waals surface area contributed by atoms with E-state index in [1.54, 1.807) is 6.07 Å². The molecule has 1 aromatic rings. The Balaban J connectivity index is 1.70. The molecule has 0 aliphatic heterocycles. The van der Waals surface area contributed by atoms with Crippen LogP contribution >= 0.6 is 23.2 Å². The zero-order chi connectivity index (χ0) is 12.3. The zero-order valence-electron chi connectivity index (χ0n) is 9.50. The standard InChI is InChI=1S/C12H16Cl2N2O/c13-11-4-3-9(12(14)16-11)5-6-15-7-10(17)8-1-2-8/h3-4,8,10,15,17H,1-2,5-7H2. The Hall–Kier alpha value is -0.350. The van der Waals surface area contributed by atoms with Crippen LogP contribution in [0, 0.1) is 5.92 Å². The van der Waals surface area contributed by atoms with Gasteiger partial charge in [0.2, 0.25) is 0 Å². The summed E-state index contributed by atoms with van der Waals surface area (Å²) >= 11 is 11.7. The van der Waals surface area contributed by atoms with E-state index in [2.05, 4.69) is 10.3 Å². The van der Waals surface area contributed by atoms with Crippen molar-refractivity contribution in [3.05, 3.63) is 28.0 Å². The fourth-order valence-corrected chi connectivity index (χ4v) is 2.19. The predicted octanol–water partition coefficient (Wildman–Crippen LogP) is 2.29. The lowest BCUT2D eigenvalue weighted by atomic mass is 10.2. The average Bonchev–Trinajstić information content (AvgIpc) is 3.10.